The summed E-state index contributed by atoms with van der Waals surface area (Å²) in [6, 6.07) is 16.1. The third-order valence-corrected chi connectivity index (χ3v) is 6.86. The molecule has 3 heterocycles. The molecule has 2 aromatic heterocycles. The van der Waals surface area contributed by atoms with Crippen molar-refractivity contribution in [2.24, 2.45) is 0 Å². The van der Waals surface area contributed by atoms with Crippen molar-refractivity contribution in [2.45, 2.75) is 25.6 Å². The van der Waals surface area contributed by atoms with E-state index < -0.39 is 6.48 Å². The Bertz CT molecular complexity index is 1140. The van der Waals surface area contributed by atoms with Crippen LogP contribution in [0.25, 0.3) is 21.8 Å². The van der Waals surface area contributed by atoms with Crippen LogP contribution in [0, 0.1) is 0 Å². The second kappa shape index (κ2) is 8.32. The predicted octanol–water partition coefficient (Wildman–Crippen LogP) is 6.46. The molecule has 7 heteroatoms. The molecule has 0 unspecified atom stereocenters. The van der Waals surface area contributed by atoms with E-state index in [1.165, 1.54) is 0 Å². The minimum absolute atomic E-state index is 0.375. The Morgan fingerprint density at radius 1 is 0.800 bits per heavy atom. The van der Waals surface area contributed by atoms with Crippen molar-refractivity contribution >= 4 is 53.7 Å². The minimum Gasteiger partial charge on any atom is -0.330 e. The van der Waals surface area contributed by atoms with Crippen LogP contribution in [0.3, 0.4) is 0 Å². The van der Waals surface area contributed by atoms with Crippen LogP contribution in [0.15, 0.2) is 69.9 Å². The standard InChI is InChI=1S/C23H18Br2N2O3/c1-2-28-23-29-21(15-9-7-13-5-3-11-26-19(13)17(15)24)22(30-23)16-10-8-14-6-4-12-27-20(14)18(16)25/h3-12,21-23H,2H2,1H3/t21-,22-/m1/s1. The molecule has 0 bridgehead atoms. The van der Waals surface area contributed by atoms with E-state index in [2.05, 4.69) is 54.0 Å². The smallest absolute Gasteiger partial charge is 0.273 e. The molecule has 152 valence electrons. The molecule has 2 atom stereocenters. The molecular formula is C23H18Br2N2O3. The van der Waals surface area contributed by atoms with Gasteiger partial charge in [-0.3, -0.25) is 9.97 Å². The predicted molar refractivity (Wildman–Crippen MR) is 122 cm³/mol. The van der Waals surface area contributed by atoms with E-state index in [1.54, 1.807) is 12.4 Å². The van der Waals surface area contributed by atoms with Gasteiger partial charge in [-0.15, -0.1) is 0 Å². The Hall–Kier alpha value is -1.90. The van der Waals surface area contributed by atoms with E-state index in [1.807, 2.05) is 43.3 Å². The third kappa shape index (κ3) is 3.44. The Kier molecular flexibility index (Phi) is 5.56. The van der Waals surface area contributed by atoms with E-state index >= 15 is 0 Å². The molecule has 4 aromatic rings. The quantitative estimate of drug-likeness (QED) is 0.304. The summed E-state index contributed by atoms with van der Waals surface area (Å²) in [7, 11) is 0. The Labute approximate surface area is 190 Å². The van der Waals surface area contributed by atoms with Gasteiger partial charge in [-0.2, -0.15) is 0 Å². The summed E-state index contributed by atoms with van der Waals surface area (Å²) in [6.45, 7) is 1.66. The highest BCUT2D eigenvalue weighted by molar-refractivity contribution is 9.11. The monoisotopic (exact) mass is 528 g/mol. The summed E-state index contributed by atoms with van der Waals surface area (Å²) in [6.07, 6.45) is 2.82. The summed E-state index contributed by atoms with van der Waals surface area (Å²) in [5, 5.41) is 2.11. The summed E-state index contributed by atoms with van der Waals surface area (Å²) in [5.41, 5.74) is 3.69. The summed E-state index contributed by atoms with van der Waals surface area (Å²) in [5.74, 6) is 0. The van der Waals surface area contributed by atoms with Gasteiger partial charge in [0.1, 0.15) is 12.2 Å². The van der Waals surface area contributed by atoms with Crippen LogP contribution in [0.1, 0.15) is 30.3 Å². The zero-order valence-corrected chi connectivity index (χ0v) is 19.3. The van der Waals surface area contributed by atoms with Crippen molar-refractivity contribution in [1.82, 2.24) is 9.97 Å². The molecule has 1 aliphatic heterocycles. The fourth-order valence-corrected chi connectivity index (χ4v) is 5.17. The number of benzene rings is 2. The first-order valence-corrected chi connectivity index (χ1v) is 11.2. The Morgan fingerprint density at radius 2 is 1.30 bits per heavy atom. The van der Waals surface area contributed by atoms with Gasteiger partial charge in [-0.25, -0.2) is 0 Å². The van der Waals surface area contributed by atoms with Crippen LogP contribution < -0.4 is 0 Å². The van der Waals surface area contributed by atoms with Gasteiger partial charge in [-0.05, 0) is 50.9 Å². The number of halogens is 2. The maximum Gasteiger partial charge on any atom is 0.273 e. The normalized spacial score (nSPS) is 19.7. The van der Waals surface area contributed by atoms with Crippen LogP contribution in [0.2, 0.25) is 0 Å². The van der Waals surface area contributed by atoms with Gasteiger partial charge in [0.15, 0.2) is 0 Å². The Morgan fingerprint density at radius 3 is 1.77 bits per heavy atom. The molecule has 1 fully saturated rings. The zero-order valence-electron chi connectivity index (χ0n) is 16.1. The van der Waals surface area contributed by atoms with Gasteiger partial charge in [0.05, 0.1) is 11.0 Å². The van der Waals surface area contributed by atoms with Crippen LogP contribution in [0.5, 0.6) is 0 Å². The summed E-state index contributed by atoms with van der Waals surface area (Å²) < 4.78 is 19.9. The Balaban J connectivity index is 1.63. The molecule has 2 aromatic carbocycles. The van der Waals surface area contributed by atoms with Crippen molar-refractivity contribution in [2.75, 3.05) is 6.61 Å². The molecule has 0 amide bonds. The van der Waals surface area contributed by atoms with Crippen molar-refractivity contribution < 1.29 is 14.2 Å². The second-order valence-corrected chi connectivity index (χ2v) is 8.53. The average Bonchev–Trinajstić information content (AvgIpc) is 3.18. The van der Waals surface area contributed by atoms with E-state index in [0.29, 0.717) is 6.61 Å². The number of rotatable bonds is 4. The van der Waals surface area contributed by atoms with E-state index in [9.17, 15) is 0 Å². The first kappa shape index (κ1) is 20.0. The molecule has 0 aliphatic carbocycles. The van der Waals surface area contributed by atoms with Gasteiger partial charge in [0, 0.05) is 49.8 Å². The third-order valence-electron chi connectivity index (χ3n) is 5.19. The van der Waals surface area contributed by atoms with Crippen molar-refractivity contribution in [3.63, 3.8) is 0 Å². The molecule has 30 heavy (non-hydrogen) atoms. The lowest BCUT2D eigenvalue weighted by atomic mass is 9.96. The minimum atomic E-state index is -0.748. The number of hydrogen-bond donors (Lipinski definition) is 0. The lowest BCUT2D eigenvalue weighted by Crippen LogP contribution is -2.13. The van der Waals surface area contributed by atoms with Gasteiger partial charge >= 0.3 is 0 Å². The lowest BCUT2D eigenvalue weighted by Gasteiger charge is -2.20. The van der Waals surface area contributed by atoms with Gasteiger partial charge in [0.2, 0.25) is 0 Å². The summed E-state index contributed by atoms with van der Waals surface area (Å²) >= 11 is 7.49. The van der Waals surface area contributed by atoms with Gasteiger partial charge in [0.25, 0.3) is 6.48 Å². The number of aromatic nitrogens is 2. The molecular weight excluding hydrogens is 512 g/mol. The molecule has 5 nitrogen and oxygen atoms in total. The highest BCUT2D eigenvalue weighted by Gasteiger charge is 2.41. The first-order valence-electron chi connectivity index (χ1n) is 9.66. The van der Waals surface area contributed by atoms with E-state index in [4.69, 9.17) is 14.2 Å². The van der Waals surface area contributed by atoms with Crippen LogP contribution >= 0.6 is 31.9 Å². The van der Waals surface area contributed by atoms with Crippen LogP contribution in [-0.2, 0) is 14.2 Å². The SMILES string of the molecule is CCOC1O[C@H](c2ccc3cccnc3c2Br)[C@@H](c2ccc3cccnc3c2Br)O1. The highest BCUT2D eigenvalue weighted by atomic mass is 79.9. The molecule has 0 saturated carbocycles. The molecule has 1 aliphatic rings. The topological polar surface area (TPSA) is 53.5 Å². The lowest BCUT2D eigenvalue weighted by molar-refractivity contribution is -0.241. The second-order valence-electron chi connectivity index (χ2n) is 6.95. The van der Waals surface area contributed by atoms with Crippen molar-refractivity contribution in [3.05, 3.63) is 81.0 Å². The van der Waals surface area contributed by atoms with Crippen molar-refractivity contribution in [3.8, 4) is 0 Å². The average molecular weight is 530 g/mol. The zero-order chi connectivity index (χ0) is 20.7. The number of hydrogen-bond acceptors (Lipinski definition) is 5. The fourth-order valence-electron chi connectivity index (χ4n) is 3.79. The van der Waals surface area contributed by atoms with E-state index in [0.717, 1.165) is 41.9 Å². The van der Waals surface area contributed by atoms with Crippen LogP contribution in [-0.4, -0.2) is 23.1 Å². The molecule has 0 radical (unpaired) electrons. The fraction of sp³-hybridized carbons (Fsp3) is 0.217. The van der Waals surface area contributed by atoms with Gasteiger partial charge in [-0.1, -0.05) is 36.4 Å². The number of ether oxygens (including phenoxy) is 3. The molecule has 0 spiro atoms. The highest BCUT2D eigenvalue weighted by Crippen LogP contribution is 2.48. The maximum atomic E-state index is 6.21. The summed E-state index contributed by atoms with van der Waals surface area (Å²) in [4.78, 5) is 9.06. The number of pyridine rings is 2. The molecule has 5 rings (SSSR count). The van der Waals surface area contributed by atoms with Crippen LogP contribution in [0.4, 0.5) is 0 Å². The molecule has 1 saturated heterocycles. The number of fused-ring (bicyclic) bond motifs is 2. The largest absolute Gasteiger partial charge is 0.330 e. The number of nitrogens with zero attached hydrogens (tertiary/aromatic N) is 2. The first-order chi connectivity index (χ1) is 14.7. The van der Waals surface area contributed by atoms with E-state index in [-0.39, 0.29) is 12.2 Å². The maximum absolute atomic E-state index is 6.21. The van der Waals surface area contributed by atoms with Crippen molar-refractivity contribution in [1.29, 1.82) is 0 Å². The molecule has 0 N–H and O–H groups in total. The van der Waals surface area contributed by atoms with Gasteiger partial charge < -0.3 is 14.2 Å².